The van der Waals surface area contributed by atoms with Gasteiger partial charge in [-0.3, -0.25) is 9.69 Å². The third-order valence-electron chi connectivity index (χ3n) is 3.26. The number of carbonyl (C=O) groups is 1. The highest BCUT2D eigenvalue weighted by Crippen LogP contribution is 2.22. The van der Waals surface area contributed by atoms with Crippen LogP contribution in [0.15, 0.2) is 30.3 Å². The van der Waals surface area contributed by atoms with E-state index in [0.29, 0.717) is 13.0 Å². The van der Waals surface area contributed by atoms with Gasteiger partial charge < -0.3 is 10.8 Å². The summed E-state index contributed by atoms with van der Waals surface area (Å²) in [5, 5.41) is 10.1. The van der Waals surface area contributed by atoms with Crippen LogP contribution in [0.25, 0.3) is 0 Å². The Morgan fingerprint density at radius 1 is 1.41 bits per heavy atom. The first kappa shape index (κ1) is 12.1. The maximum Gasteiger partial charge on any atom is 0.250 e. The summed E-state index contributed by atoms with van der Waals surface area (Å²) in [7, 11) is 0. The zero-order valence-electron chi connectivity index (χ0n) is 9.80. The van der Waals surface area contributed by atoms with E-state index in [2.05, 4.69) is 4.90 Å². The summed E-state index contributed by atoms with van der Waals surface area (Å²) >= 11 is 0. The predicted molar refractivity (Wildman–Crippen MR) is 65.1 cm³/mol. The van der Waals surface area contributed by atoms with Gasteiger partial charge in [0.15, 0.2) is 5.60 Å². The van der Waals surface area contributed by atoms with Crippen LogP contribution in [0.5, 0.6) is 0 Å². The number of carbonyl (C=O) groups excluding carboxylic acids is 1. The molecule has 0 saturated carbocycles. The van der Waals surface area contributed by atoms with E-state index in [9.17, 15) is 9.90 Å². The number of hydrogen-bond acceptors (Lipinski definition) is 3. The molecule has 1 atom stereocenters. The number of likely N-dealkylation sites (tertiary alicyclic amines) is 1. The van der Waals surface area contributed by atoms with E-state index in [1.807, 2.05) is 30.3 Å². The van der Waals surface area contributed by atoms with Gasteiger partial charge in [-0.1, -0.05) is 30.3 Å². The van der Waals surface area contributed by atoms with Crippen LogP contribution < -0.4 is 5.73 Å². The Hall–Kier alpha value is -1.39. The Labute approximate surface area is 101 Å². The summed E-state index contributed by atoms with van der Waals surface area (Å²) < 4.78 is 0. The molecule has 92 valence electrons. The van der Waals surface area contributed by atoms with Crippen LogP contribution in [0.3, 0.4) is 0 Å². The van der Waals surface area contributed by atoms with Gasteiger partial charge in [0.1, 0.15) is 0 Å². The highest BCUT2D eigenvalue weighted by molar-refractivity contribution is 5.83. The van der Waals surface area contributed by atoms with Crippen LogP contribution >= 0.6 is 0 Å². The molecule has 1 amide bonds. The second kappa shape index (κ2) is 4.85. The molecule has 1 aliphatic heterocycles. The molecule has 0 bridgehead atoms. The summed E-state index contributed by atoms with van der Waals surface area (Å²) in [4.78, 5) is 13.3. The number of primary amides is 1. The largest absolute Gasteiger partial charge is 0.379 e. The van der Waals surface area contributed by atoms with Crippen LogP contribution in [-0.4, -0.2) is 34.6 Å². The predicted octanol–water partition coefficient (Wildman–Crippen LogP) is 0.499. The molecule has 0 radical (unpaired) electrons. The minimum Gasteiger partial charge on any atom is -0.379 e. The third-order valence-corrected chi connectivity index (χ3v) is 3.26. The number of amides is 1. The Bertz CT molecular complexity index is 394. The van der Waals surface area contributed by atoms with Crippen molar-refractivity contribution in [1.82, 2.24) is 4.90 Å². The van der Waals surface area contributed by atoms with Crippen LogP contribution in [0, 0.1) is 0 Å². The lowest BCUT2D eigenvalue weighted by atomic mass is 9.92. The van der Waals surface area contributed by atoms with Crippen molar-refractivity contribution < 1.29 is 9.90 Å². The lowest BCUT2D eigenvalue weighted by molar-refractivity contribution is -0.142. The number of nitrogens with two attached hydrogens (primary N) is 1. The van der Waals surface area contributed by atoms with Crippen molar-refractivity contribution in [2.45, 2.75) is 25.0 Å². The number of hydrogen-bond donors (Lipinski definition) is 2. The standard InChI is InChI=1S/C13H18N2O2/c14-12(16)13(17)7-4-8-15(10-13)9-11-5-2-1-3-6-11/h1-3,5-6,17H,4,7-10H2,(H2,14,16)/t13-/m0/s1. The van der Waals surface area contributed by atoms with Crippen molar-refractivity contribution in [3.63, 3.8) is 0 Å². The van der Waals surface area contributed by atoms with Gasteiger partial charge in [0.2, 0.25) is 0 Å². The quantitative estimate of drug-likeness (QED) is 0.800. The fraction of sp³-hybridized carbons (Fsp3) is 0.462. The molecule has 1 fully saturated rings. The molecule has 1 aromatic carbocycles. The van der Waals surface area contributed by atoms with Crippen LogP contribution in [0.4, 0.5) is 0 Å². The second-order valence-electron chi connectivity index (χ2n) is 4.70. The van der Waals surface area contributed by atoms with Gasteiger partial charge in [-0.25, -0.2) is 0 Å². The van der Waals surface area contributed by atoms with E-state index in [1.165, 1.54) is 5.56 Å². The Balaban J connectivity index is 2.01. The normalized spacial score (nSPS) is 25.7. The lowest BCUT2D eigenvalue weighted by Gasteiger charge is -2.37. The molecule has 1 aliphatic rings. The number of β-amino-alcohol motifs (C(OH)–C–C–N with tert-alkyl or cyclic N) is 1. The van der Waals surface area contributed by atoms with Crippen molar-refractivity contribution in [3.05, 3.63) is 35.9 Å². The summed E-state index contributed by atoms with van der Waals surface area (Å²) in [5.41, 5.74) is 5.07. The molecule has 0 aromatic heterocycles. The van der Waals surface area contributed by atoms with Crippen molar-refractivity contribution >= 4 is 5.91 Å². The van der Waals surface area contributed by atoms with Crippen molar-refractivity contribution in [2.75, 3.05) is 13.1 Å². The number of aliphatic hydroxyl groups is 1. The molecular formula is C13H18N2O2. The van der Waals surface area contributed by atoms with Crippen molar-refractivity contribution in [3.8, 4) is 0 Å². The van der Waals surface area contributed by atoms with E-state index in [-0.39, 0.29) is 0 Å². The molecule has 1 aromatic rings. The van der Waals surface area contributed by atoms with Gasteiger partial charge in [0, 0.05) is 13.1 Å². The highest BCUT2D eigenvalue weighted by Gasteiger charge is 2.38. The average molecular weight is 234 g/mol. The number of nitrogens with zero attached hydrogens (tertiary/aromatic N) is 1. The fourth-order valence-corrected chi connectivity index (χ4v) is 2.30. The lowest BCUT2D eigenvalue weighted by Crippen LogP contribution is -2.55. The summed E-state index contributed by atoms with van der Waals surface area (Å²) in [6, 6.07) is 10.0. The first-order valence-corrected chi connectivity index (χ1v) is 5.89. The minimum atomic E-state index is -1.35. The molecule has 4 heteroatoms. The average Bonchev–Trinajstić information content (AvgIpc) is 2.30. The minimum absolute atomic E-state index is 0.331. The molecule has 0 spiro atoms. The Kier molecular flexibility index (Phi) is 3.45. The first-order chi connectivity index (χ1) is 8.10. The van der Waals surface area contributed by atoms with E-state index < -0.39 is 11.5 Å². The van der Waals surface area contributed by atoms with E-state index in [0.717, 1.165) is 19.5 Å². The SMILES string of the molecule is NC(=O)[C@]1(O)CCCN(Cc2ccccc2)C1. The molecular weight excluding hydrogens is 216 g/mol. The molecule has 2 rings (SSSR count). The second-order valence-corrected chi connectivity index (χ2v) is 4.70. The smallest absolute Gasteiger partial charge is 0.250 e. The molecule has 3 N–H and O–H groups in total. The first-order valence-electron chi connectivity index (χ1n) is 5.89. The molecule has 1 saturated heterocycles. The monoisotopic (exact) mass is 234 g/mol. The van der Waals surface area contributed by atoms with Gasteiger partial charge in [-0.2, -0.15) is 0 Å². The number of piperidine rings is 1. The maximum atomic E-state index is 11.2. The summed E-state index contributed by atoms with van der Waals surface area (Å²) in [6.07, 6.45) is 1.26. The van der Waals surface area contributed by atoms with Gasteiger partial charge in [0.25, 0.3) is 5.91 Å². The van der Waals surface area contributed by atoms with Gasteiger partial charge in [-0.15, -0.1) is 0 Å². The van der Waals surface area contributed by atoms with Crippen LogP contribution in [0.1, 0.15) is 18.4 Å². The summed E-state index contributed by atoms with van der Waals surface area (Å²) in [6.45, 7) is 1.97. The maximum absolute atomic E-state index is 11.2. The van der Waals surface area contributed by atoms with E-state index >= 15 is 0 Å². The molecule has 17 heavy (non-hydrogen) atoms. The molecule has 0 aliphatic carbocycles. The zero-order chi connectivity index (χ0) is 12.3. The van der Waals surface area contributed by atoms with Crippen LogP contribution in [0.2, 0.25) is 0 Å². The van der Waals surface area contributed by atoms with E-state index in [4.69, 9.17) is 5.73 Å². The molecule has 1 heterocycles. The van der Waals surface area contributed by atoms with Crippen molar-refractivity contribution in [2.24, 2.45) is 5.73 Å². The number of benzene rings is 1. The Morgan fingerprint density at radius 2 is 2.12 bits per heavy atom. The molecule has 0 unspecified atom stereocenters. The van der Waals surface area contributed by atoms with Crippen LogP contribution in [-0.2, 0) is 11.3 Å². The van der Waals surface area contributed by atoms with Crippen molar-refractivity contribution in [1.29, 1.82) is 0 Å². The van der Waals surface area contributed by atoms with Gasteiger partial charge >= 0.3 is 0 Å². The van der Waals surface area contributed by atoms with E-state index in [1.54, 1.807) is 0 Å². The Morgan fingerprint density at radius 3 is 2.76 bits per heavy atom. The van der Waals surface area contributed by atoms with Gasteiger partial charge in [0.05, 0.1) is 0 Å². The topological polar surface area (TPSA) is 66.6 Å². The highest BCUT2D eigenvalue weighted by atomic mass is 16.3. The summed E-state index contributed by atoms with van der Waals surface area (Å²) in [5.74, 6) is -0.615. The third kappa shape index (κ3) is 2.84. The number of rotatable bonds is 3. The van der Waals surface area contributed by atoms with Gasteiger partial charge in [-0.05, 0) is 24.9 Å². The molecule has 4 nitrogen and oxygen atoms in total. The zero-order valence-corrected chi connectivity index (χ0v) is 9.80. The fourth-order valence-electron chi connectivity index (χ4n) is 2.30.